The second-order valence-corrected chi connectivity index (χ2v) is 16.1. The number of benzene rings is 2. The highest BCUT2D eigenvalue weighted by Crippen LogP contribution is 2.44. The fourth-order valence-electron chi connectivity index (χ4n) is 8.84. The smallest absolute Gasteiger partial charge is 0.410 e. The first-order valence-electron chi connectivity index (χ1n) is 18.4. The molecule has 54 heavy (non-hydrogen) atoms. The van der Waals surface area contributed by atoms with Crippen molar-refractivity contribution in [3.63, 3.8) is 0 Å². The van der Waals surface area contributed by atoms with Crippen molar-refractivity contribution in [2.75, 3.05) is 51.6 Å². The number of pyridine rings is 1. The molecule has 0 spiro atoms. The molecule has 4 aliphatic rings. The minimum absolute atomic E-state index is 0.0349. The van der Waals surface area contributed by atoms with Crippen LogP contribution in [0.1, 0.15) is 52.0 Å². The average Bonchev–Trinajstić information content (AvgIpc) is 3.69. The third-order valence-electron chi connectivity index (χ3n) is 11.1. The maximum atomic E-state index is 17.2. The number of carbonyl (C=O) groups is 1. The summed E-state index contributed by atoms with van der Waals surface area (Å²) >= 11 is 0. The molecule has 2 bridgehead atoms. The molecule has 1 amide bonds. The Bertz CT molecular complexity index is 2150. The molecule has 6 heterocycles. The molecule has 286 valence electrons. The monoisotopic (exact) mass is 746 g/mol. The van der Waals surface area contributed by atoms with Crippen LogP contribution in [0.15, 0.2) is 42.6 Å². The number of alkyl halides is 1. The highest BCUT2D eigenvalue weighted by Gasteiger charge is 2.51. The summed E-state index contributed by atoms with van der Waals surface area (Å²) in [4.78, 5) is 33.3. The van der Waals surface area contributed by atoms with Crippen molar-refractivity contribution in [1.29, 1.82) is 0 Å². The normalized spacial score (nSPS) is 24.1. The minimum Gasteiger partial charge on any atom is -0.468 e. The number of halogens is 3. The number of fused-ring (bicyclic) bond motifs is 5. The Balaban J connectivity index is 1.23. The maximum Gasteiger partial charge on any atom is 0.410 e. The van der Waals surface area contributed by atoms with E-state index < -0.39 is 28.9 Å². The molecule has 4 saturated heterocycles. The van der Waals surface area contributed by atoms with Gasteiger partial charge in [0.2, 0.25) is 0 Å². The number of ether oxygens (including phenoxy) is 4. The van der Waals surface area contributed by atoms with Crippen LogP contribution in [0.4, 0.5) is 23.8 Å². The highest BCUT2D eigenvalue weighted by molar-refractivity contribution is 6.01. The highest BCUT2D eigenvalue weighted by atomic mass is 19.1. The molecule has 14 heteroatoms. The average molecular weight is 747 g/mol. The Morgan fingerprint density at radius 3 is 2.56 bits per heavy atom. The second kappa shape index (κ2) is 13.6. The zero-order chi connectivity index (χ0) is 38.1. The van der Waals surface area contributed by atoms with E-state index in [-0.39, 0.29) is 55.2 Å². The fraction of sp³-hybridized carbons (Fsp3) is 0.500. The lowest BCUT2D eigenvalue weighted by Crippen LogP contribution is -2.57. The van der Waals surface area contributed by atoms with Crippen LogP contribution in [-0.2, 0) is 9.47 Å². The number of aromatic nitrogens is 3. The van der Waals surface area contributed by atoms with Gasteiger partial charge in [0.25, 0.3) is 0 Å². The minimum atomic E-state index is -0.996. The van der Waals surface area contributed by atoms with Crippen LogP contribution in [0, 0.1) is 18.6 Å². The number of anilines is 1. The van der Waals surface area contributed by atoms with Crippen LogP contribution in [-0.4, -0.2) is 107 Å². The summed E-state index contributed by atoms with van der Waals surface area (Å²) in [6.45, 7) is 13.1. The molecule has 8 rings (SSSR count). The van der Waals surface area contributed by atoms with E-state index in [1.807, 2.05) is 30.6 Å². The summed E-state index contributed by atoms with van der Waals surface area (Å²) in [5, 5.41) is 1.47. The van der Waals surface area contributed by atoms with Crippen molar-refractivity contribution < 1.29 is 36.9 Å². The Morgan fingerprint density at radius 2 is 1.83 bits per heavy atom. The van der Waals surface area contributed by atoms with E-state index in [9.17, 15) is 9.18 Å². The SMILES string of the molecule is C=C1CN2C[C@@H](F)C[C@@]2(COc2nc(N3CC4CCC(C3)N4C(=O)OC(C)(C)C)c3cnc(-c4cc(OCOC)cc5ccc(F)c(C)c45)c(F)c3n2)C1. The maximum absolute atomic E-state index is 17.2. The molecule has 2 unspecified atom stereocenters. The molecular weight excluding hydrogens is 701 g/mol. The molecule has 0 aliphatic carbocycles. The Hall–Kier alpha value is -4.69. The molecule has 11 nitrogen and oxygen atoms in total. The molecule has 2 aromatic carbocycles. The van der Waals surface area contributed by atoms with Gasteiger partial charge in [0.1, 0.15) is 47.0 Å². The number of aryl methyl sites for hydroxylation is 1. The molecule has 4 aromatic rings. The first kappa shape index (κ1) is 36.3. The fourth-order valence-corrected chi connectivity index (χ4v) is 8.84. The second-order valence-electron chi connectivity index (χ2n) is 16.1. The van der Waals surface area contributed by atoms with Gasteiger partial charge in [0.15, 0.2) is 12.6 Å². The van der Waals surface area contributed by atoms with Crippen LogP contribution >= 0.6 is 0 Å². The lowest BCUT2D eigenvalue weighted by atomic mass is 9.93. The topological polar surface area (TPSA) is 102 Å². The van der Waals surface area contributed by atoms with Crippen molar-refractivity contribution in [3.8, 4) is 23.0 Å². The predicted octanol–water partition coefficient (Wildman–Crippen LogP) is 7.12. The largest absolute Gasteiger partial charge is 0.468 e. The number of rotatable bonds is 8. The summed E-state index contributed by atoms with van der Waals surface area (Å²) < 4.78 is 70.0. The summed E-state index contributed by atoms with van der Waals surface area (Å²) in [7, 11) is 1.49. The summed E-state index contributed by atoms with van der Waals surface area (Å²) in [6, 6.07) is 5.97. The molecular formula is C40H45F3N6O5. The third kappa shape index (κ3) is 6.46. The van der Waals surface area contributed by atoms with E-state index in [0.717, 1.165) is 18.4 Å². The van der Waals surface area contributed by atoms with Gasteiger partial charge >= 0.3 is 12.1 Å². The van der Waals surface area contributed by atoms with E-state index in [1.54, 1.807) is 25.1 Å². The lowest BCUT2D eigenvalue weighted by molar-refractivity contribution is 0.0122. The first-order valence-corrected chi connectivity index (χ1v) is 18.4. The van der Waals surface area contributed by atoms with Gasteiger partial charge in [-0.15, -0.1) is 0 Å². The van der Waals surface area contributed by atoms with E-state index in [4.69, 9.17) is 23.9 Å². The molecule has 4 atom stereocenters. The number of hydrogen-bond donors (Lipinski definition) is 0. The van der Waals surface area contributed by atoms with Crippen LogP contribution in [0.2, 0.25) is 0 Å². The zero-order valence-corrected chi connectivity index (χ0v) is 31.3. The number of carbonyl (C=O) groups excluding carboxylic acids is 1. The van der Waals surface area contributed by atoms with Gasteiger partial charge in [-0.1, -0.05) is 18.2 Å². The van der Waals surface area contributed by atoms with Crippen molar-refractivity contribution in [3.05, 3.63) is 59.8 Å². The van der Waals surface area contributed by atoms with Crippen LogP contribution in [0.3, 0.4) is 0 Å². The Kier molecular flexibility index (Phi) is 9.11. The van der Waals surface area contributed by atoms with Gasteiger partial charge in [0.05, 0.1) is 23.0 Å². The van der Waals surface area contributed by atoms with Crippen LogP contribution < -0.4 is 14.4 Å². The standard InChI is InChI=1S/C40H45F3N6O5/c1-22-13-40(14-25(41)17-48(40)16-22)20-52-37-45-35-30(36(46-37)47-18-26-8-9-27(19-47)49(26)38(50)54-39(3,4)5)15-44-34(33(35)43)29-12-28(53-21-51-6)11-24-7-10-31(42)23(2)32(24)29/h7,10-12,15,25-27H,1,8-9,13-14,16-21H2,2-6H3/t25-,26?,27?,40+/m0/s1. The van der Waals surface area contributed by atoms with E-state index in [1.165, 1.54) is 19.4 Å². The van der Waals surface area contributed by atoms with Gasteiger partial charge < -0.3 is 23.8 Å². The van der Waals surface area contributed by atoms with E-state index in [2.05, 4.69) is 21.4 Å². The molecule has 0 saturated carbocycles. The van der Waals surface area contributed by atoms with Crippen molar-refractivity contribution in [2.24, 2.45) is 0 Å². The van der Waals surface area contributed by atoms with Crippen molar-refractivity contribution in [1.82, 2.24) is 24.8 Å². The summed E-state index contributed by atoms with van der Waals surface area (Å²) in [5.74, 6) is -0.384. The van der Waals surface area contributed by atoms with Gasteiger partial charge in [-0.3, -0.25) is 14.8 Å². The molecule has 4 fully saturated rings. The molecule has 0 radical (unpaired) electrons. The zero-order valence-electron chi connectivity index (χ0n) is 31.3. The number of hydrogen-bond acceptors (Lipinski definition) is 10. The molecule has 0 N–H and O–H groups in total. The van der Waals surface area contributed by atoms with Crippen molar-refractivity contribution in [2.45, 2.75) is 82.8 Å². The van der Waals surface area contributed by atoms with Gasteiger partial charge in [-0.25, -0.2) is 18.0 Å². The van der Waals surface area contributed by atoms with Gasteiger partial charge in [0, 0.05) is 51.5 Å². The first-order chi connectivity index (χ1) is 25.7. The Morgan fingerprint density at radius 1 is 1.07 bits per heavy atom. The number of piperazine rings is 1. The number of nitrogens with zero attached hydrogens (tertiary/aromatic N) is 6. The van der Waals surface area contributed by atoms with E-state index >= 15 is 8.78 Å². The number of methoxy groups -OCH3 is 1. The molecule has 2 aromatic heterocycles. The molecule has 4 aliphatic heterocycles. The quantitative estimate of drug-likeness (QED) is 0.137. The lowest BCUT2D eigenvalue weighted by Gasteiger charge is -2.42. The van der Waals surface area contributed by atoms with Crippen molar-refractivity contribution >= 4 is 33.6 Å². The van der Waals surface area contributed by atoms with Gasteiger partial charge in [-0.2, -0.15) is 9.97 Å². The third-order valence-corrected chi connectivity index (χ3v) is 11.1. The predicted molar refractivity (Wildman–Crippen MR) is 198 cm³/mol. The van der Waals surface area contributed by atoms with Gasteiger partial charge in [-0.05, 0) is 81.5 Å². The van der Waals surface area contributed by atoms with Crippen LogP contribution in [0.5, 0.6) is 11.8 Å². The number of amides is 1. The summed E-state index contributed by atoms with van der Waals surface area (Å²) in [5.41, 5.74) is 0.323. The summed E-state index contributed by atoms with van der Waals surface area (Å²) in [6.07, 6.45) is 2.60. The Labute approximate surface area is 312 Å². The van der Waals surface area contributed by atoms with E-state index in [0.29, 0.717) is 71.5 Å². The van der Waals surface area contributed by atoms with Crippen LogP contribution in [0.25, 0.3) is 32.9 Å².